The molecule has 3 atom stereocenters. The van der Waals surface area contributed by atoms with Crippen LogP contribution in [0.2, 0.25) is 0 Å². The fourth-order valence-corrected chi connectivity index (χ4v) is 3.66. The predicted molar refractivity (Wildman–Crippen MR) is 107 cm³/mol. The van der Waals surface area contributed by atoms with Gasteiger partial charge in [-0.1, -0.05) is 12.1 Å². The monoisotopic (exact) mass is 376 g/mol. The van der Waals surface area contributed by atoms with Crippen LogP contribution in [0.15, 0.2) is 29.3 Å². The molecule has 1 aromatic carbocycles. The highest BCUT2D eigenvalue weighted by atomic mass is 16.5. The number of aliphatic imine (C=N–C) groups is 1. The number of fused-ring (bicyclic) bond motifs is 1. The average molecular weight is 377 g/mol. The molecule has 2 aliphatic heterocycles. The van der Waals surface area contributed by atoms with E-state index in [4.69, 9.17) is 14.2 Å². The van der Waals surface area contributed by atoms with E-state index in [0.717, 1.165) is 37.2 Å². The molecule has 27 heavy (non-hydrogen) atoms. The quantitative estimate of drug-likeness (QED) is 0.555. The van der Waals surface area contributed by atoms with Crippen LogP contribution < -0.4 is 20.1 Å². The maximum atomic E-state index is 5.99. The molecule has 1 aromatic rings. The molecule has 2 aliphatic rings. The van der Waals surface area contributed by atoms with E-state index in [1.54, 1.807) is 14.2 Å². The van der Waals surface area contributed by atoms with Crippen molar-refractivity contribution in [3.63, 3.8) is 0 Å². The zero-order chi connectivity index (χ0) is 19.1. The Bertz CT molecular complexity index is 625. The van der Waals surface area contributed by atoms with Crippen LogP contribution >= 0.6 is 0 Å². The number of guanidine groups is 1. The number of methoxy groups -OCH3 is 1. The molecule has 0 amide bonds. The van der Waals surface area contributed by atoms with Crippen molar-refractivity contribution < 1.29 is 14.2 Å². The van der Waals surface area contributed by atoms with Gasteiger partial charge in [0, 0.05) is 26.2 Å². The van der Waals surface area contributed by atoms with Crippen LogP contribution in [0, 0.1) is 0 Å². The smallest absolute Gasteiger partial charge is 0.191 e. The van der Waals surface area contributed by atoms with Crippen molar-refractivity contribution in [1.29, 1.82) is 0 Å². The third-order valence-corrected chi connectivity index (χ3v) is 5.14. The molecule has 2 N–H and O–H groups in total. The van der Waals surface area contributed by atoms with Gasteiger partial charge >= 0.3 is 0 Å². The molecule has 2 fully saturated rings. The summed E-state index contributed by atoms with van der Waals surface area (Å²) in [5.74, 6) is 2.24. The Hall–Kier alpha value is -1.99. The van der Waals surface area contributed by atoms with Crippen molar-refractivity contribution in [2.45, 2.75) is 38.0 Å². The van der Waals surface area contributed by atoms with Gasteiger partial charge in [-0.3, -0.25) is 9.89 Å². The van der Waals surface area contributed by atoms with Crippen molar-refractivity contribution in [1.82, 2.24) is 15.5 Å². The second-order valence-electron chi connectivity index (χ2n) is 7.16. The molecular weight excluding hydrogens is 344 g/mol. The molecule has 2 heterocycles. The molecule has 2 saturated heterocycles. The summed E-state index contributed by atoms with van der Waals surface area (Å²) in [5.41, 5.74) is 0. The van der Waals surface area contributed by atoms with Gasteiger partial charge in [0.15, 0.2) is 17.5 Å². The van der Waals surface area contributed by atoms with Gasteiger partial charge in [-0.05, 0) is 38.4 Å². The highest BCUT2D eigenvalue weighted by Crippen LogP contribution is 2.26. The first-order valence-electron chi connectivity index (χ1n) is 9.79. The molecule has 0 aromatic heterocycles. The topological polar surface area (TPSA) is 67.4 Å². The zero-order valence-corrected chi connectivity index (χ0v) is 16.6. The number of hydrogen-bond acceptors (Lipinski definition) is 5. The van der Waals surface area contributed by atoms with Gasteiger partial charge in [-0.25, -0.2) is 0 Å². The molecule has 7 heteroatoms. The summed E-state index contributed by atoms with van der Waals surface area (Å²) in [6, 6.07) is 8.30. The average Bonchev–Trinajstić information content (AvgIpc) is 3.16. The SMILES string of the molecule is CN=C(NCC(C)Oc1ccccc1OC)NCC1CN2CCCC2CO1. The first-order chi connectivity index (χ1) is 13.2. The van der Waals surface area contributed by atoms with E-state index in [-0.39, 0.29) is 12.2 Å². The van der Waals surface area contributed by atoms with Crippen LogP contribution in [0.25, 0.3) is 0 Å². The normalized spacial score (nSPS) is 24.2. The standard InChI is InChI=1S/C20H32N4O3/c1-15(27-19-9-5-4-8-18(19)25-3)11-22-20(21-2)23-12-17-13-24-10-6-7-16(24)14-26-17/h4-5,8-9,15-17H,6-7,10-14H2,1-3H3,(H2,21,22,23). The van der Waals surface area contributed by atoms with E-state index in [0.29, 0.717) is 12.6 Å². The predicted octanol–water partition coefficient (Wildman–Crippen LogP) is 1.49. The summed E-state index contributed by atoms with van der Waals surface area (Å²) < 4.78 is 17.3. The van der Waals surface area contributed by atoms with E-state index in [9.17, 15) is 0 Å². The maximum Gasteiger partial charge on any atom is 0.191 e. The Labute approximate surface area is 162 Å². The Balaban J connectivity index is 1.39. The van der Waals surface area contributed by atoms with Crippen LogP contribution in [0.5, 0.6) is 11.5 Å². The molecule has 7 nitrogen and oxygen atoms in total. The van der Waals surface area contributed by atoms with Crippen molar-refractivity contribution in [2.24, 2.45) is 4.99 Å². The van der Waals surface area contributed by atoms with Gasteiger partial charge in [0.1, 0.15) is 6.10 Å². The second kappa shape index (κ2) is 9.80. The summed E-state index contributed by atoms with van der Waals surface area (Å²) in [4.78, 5) is 6.85. The summed E-state index contributed by atoms with van der Waals surface area (Å²) in [6.45, 7) is 6.46. The minimum absolute atomic E-state index is 0.0314. The Morgan fingerprint density at radius 3 is 2.93 bits per heavy atom. The Kier molecular flexibility index (Phi) is 7.18. The summed E-state index contributed by atoms with van der Waals surface area (Å²) in [7, 11) is 3.42. The summed E-state index contributed by atoms with van der Waals surface area (Å²) in [5, 5.41) is 6.68. The third kappa shape index (κ3) is 5.49. The number of nitrogens with one attached hydrogen (secondary N) is 2. The van der Waals surface area contributed by atoms with Crippen LogP contribution in [0.3, 0.4) is 0 Å². The van der Waals surface area contributed by atoms with Gasteiger partial charge in [0.25, 0.3) is 0 Å². The van der Waals surface area contributed by atoms with Crippen LogP contribution in [-0.4, -0.2) is 76.1 Å². The van der Waals surface area contributed by atoms with E-state index in [2.05, 4.69) is 20.5 Å². The fourth-order valence-electron chi connectivity index (χ4n) is 3.66. The lowest BCUT2D eigenvalue weighted by atomic mass is 10.2. The highest BCUT2D eigenvalue weighted by molar-refractivity contribution is 5.79. The minimum Gasteiger partial charge on any atom is -0.493 e. The van der Waals surface area contributed by atoms with Crippen molar-refractivity contribution in [3.05, 3.63) is 24.3 Å². The van der Waals surface area contributed by atoms with Crippen LogP contribution in [0.4, 0.5) is 0 Å². The lowest BCUT2D eigenvalue weighted by Crippen LogP contribution is -2.51. The van der Waals surface area contributed by atoms with Gasteiger partial charge in [0.05, 0.1) is 26.4 Å². The van der Waals surface area contributed by atoms with Crippen molar-refractivity contribution >= 4 is 5.96 Å². The van der Waals surface area contributed by atoms with E-state index < -0.39 is 0 Å². The minimum atomic E-state index is -0.0314. The Morgan fingerprint density at radius 1 is 1.33 bits per heavy atom. The maximum absolute atomic E-state index is 5.99. The first-order valence-corrected chi connectivity index (χ1v) is 9.79. The van der Waals surface area contributed by atoms with Crippen molar-refractivity contribution in [3.8, 4) is 11.5 Å². The first kappa shape index (κ1) is 19.8. The highest BCUT2D eigenvalue weighted by Gasteiger charge is 2.32. The molecule has 0 aliphatic carbocycles. The molecule has 3 unspecified atom stereocenters. The van der Waals surface area contributed by atoms with E-state index >= 15 is 0 Å². The number of rotatable bonds is 7. The fraction of sp³-hybridized carbons (Fsp3) is 0.650. The Morgan fingerprint density at radius 2 is 2.15 bits per heavy atom. The number of nitrogens with zero attached hydrogens (tertiary/aromatic N) is 2. The van der Waals surface area contributed by atoms with Gasteiger partial charge in [-0.2, -0.15) is 0 Å². The molecule has 0 radical (unpaired) electrons. The summed E-state index contributed by atoms with van der Waals surface area (Å²) in [6.07, 6.45) is 2.74. The molecule has 0 saturated carbocycles. The lowest BCUT2D eigenvalue weighted by Gasteiger charge is -2.35. The molecular formula is C20H32N4O3. The third-order valence-electron chi connectivity index (χ3n) is 5.14. The van der Waals surface area contributed by atoms with Crippen LogP contribution in [-0.2, 0) is 4.74 Å². The second-order valence-corrected chi connectivity index (χ2v) is 7.16. The van der Waals surface area contributed by atoms with E-state index in [1.165, 1.54) is 19.4 Å². The van der Waals surface area contributed by atoms with Crippen LogP contribution in [0.1, 0.15) is 19.8 Å². The van der Waals surface area contributed by atoms with E-state index in [1.807, 2.05) is 31.2 Å². The zero-order valence-electron chi connectivity index (χ0n) is 16.6. The molecule has 150 valence electrons. The molecule has 3 rings (SSSR count). The van der Waals surface area contributed by atoms with Gasteiger partial charge in [0.2, 0.25) is 0 Å². The molecule has 0 spiro atoms. The number of morpholine rings is 1. The molecule has 0 bridgehead atoms. The number of para-hydroxylation sites is 2. The largest absolute Gasteiger partial charge is 0.493 e. The van der Waals surface area contributed by atoms with Gasteiger partial charge in [-0.15, -0.1) is 0 Å². The lowest BCUT2D eigenvalue weighted by molar-refractivity contribution is -0.0453. The number of ether oxygens (including phenoxy) is 3. The summed E-state index contributed by atoms with van der Waals surface area (Å²) >= 11 is 0. The number of benzene rings is 1. The number of hydrogen-bond donors (Lipinski definition) is 2. The van der Waals surface area contributed by atoms with Gasteiger partial charge < -0.3 is 24.8 Å². The van der Waals surface area contributed by atoms with Crippen molar-refractivity contribution in [2.75, 3.05) is 46.9 Å².